The van der Waals surface area contributed by atoms with E-state index >= 15 is 0 Å². The van der Waals surface area contributed by atoms with E-state index in [0.717, 1.165) is 11.8 Å². The van der Waals surface area contributed by atoms with E-state index in [1.165, 1.54) is 107 Å². The Hall–Kier alpha value is -2.34. The summed E-state index contributed by atoms with van der Waals surface area (Å²) < 4.78 is 0. The third kappa shape index (κ3) is 4.93. The highest BCUT2D eigenvalue weighted by atomic mass is 14.3. The van der Waals surface area contributed by atoms with Crippen LogP contribution in [0.1, 0.15) is 131 Å². The molecule has 0 saturated heterocycles. The molecule has 3 aliphatic carbocycles. The molecule has 0 spiro atoms. The summed E-state index contributed by atoms with van der Waals surface area (Å²) in [4.78, 5) is 0. The average Bonchev–Trinajstić information content (AvgIpc) is 2.98. The number of hydrogen-bond acceptors (Lipinski definition) is 0. The lowest BCUT2D eigenvalue weighted by molar-refractivity contribution is 0.442. The van der Waals surface area contributed by atoms with E-state index in [-0.39, 0.29) is 0 Å². The van der Waals surface area contributed by atoms with Gasteiger partial charge in [-0.25, -0.2) is 0 Å². The molecule has 0 unspecified atom stereocenters. The fourth-order valence-electron chi connectivity index (χ4n) is 7.86. The Morgan fingerprint density at radius 2 is 0.722 bits per heavy atom. The van der Waals surface area contributed by atoms with E-state index in [2.05, 4.69) is 66.7 Å². The van der Waals surface area contributed by atoms with E-state index in [1.54, 1.807) is 27.8 Å². The maximum atomic E-state index is 2.50. The van der Waals surface area contributed by atoms with Crippen molar-refractivity contribution in [2.75, 3.05) is 0 Å². The molecule has 0 nitrogen and oxygen atoms in total. The Kier molecular flexibility index (Phi) is 7.59. The average molecular weight is 477 g/mol. The van der Waals surface area contributed by atoms with Crippen molar-refractivity contribution in [1.82, 2.24) is 0 Å². The van der Waals surface area contributed by atoms with Gasteiger partial charge in [0.1, 0.15) is 0 Å². The van der Waals surface area contributed by atoms with Crippen molar-refractivity contribution < 1.29 is 0 Å². The number of rotatable bonds is 5. The molecule has 3 saturated carbocycles. The normalized spacial score (nSPS) is 20.4. The molecule has 3 aromatic rings. The van der Waals surface area contributed by atoms with Crippen molar-refractivity contribution in [2.45, 2.75) is 114 Å². The van der Waals surface area contributed by atoms with Gasteiger partial charge in [0.15, 0.2) is 0 Å². The van der Waals surface area contributed by atoms with E-state index in [0.29, 0.717) is 5.92 Å². The van der Waals surface area contributed by atoms with Crippen LogP contribution in [0, 0.1) is 0 Å². The van der Waals surface area contributed by atoms with Crippen LogP contribution in [0.4, 0.5) is 0 Å². The topological polar surface area (TPSA) is 0 Å². The molecule has 3 aliphatic rings. The van der Waals surface area contributed by atoms with Crippen LogP contribution in [0.15, 0.2) is 66.7 Å². The summed E-state index contributed by atoms with van der Waals surface area (Å²) >= 11 is 0. The first-order chi connectivity index (χ1) is 17.9. The minimum atomic E-state index is 0.704. The lowest BCUT2D eigenvalue weighted by Crippen LogP contribution is -2.10. The zero-order valence-corrected chi connectivity index (χ0v) is 22.2. The summed E-state index contributed by atoms with van der Waals surface area (Å²) in [6, 6.07) is 26.3. The summed E-state index contributed by atoms with van der Waals surface area (Å²) in [5.41, 5.74) is 11.0. The molecule has 0 heteroatoms. The first kappa shape index (κ1) is 24.0. The van der Waals surface area contributed by atoms with Crippen LogP contribution in [0.25, 0.3) is 22.3 Å². The molecule has 0 heterocycles. The lowest BCUT2D eigenvalue weighted by Gasteiger charge is -2.30. The predicted octanol–water partition coefficient (Wildman–Crippen LogP) is 11.2. The largest absolute Gasteiger partial charge is 0.0619 e. The maximum Gasteiger partial charge on any atom is -0.00675 e. The van der Waals surface area contributed by atoms with Crippen LogP contribution < -0.4 is 0 Å². The second-order valence-corrected chi connectivity index (χ2v) is 11.9. The Bertz CT molecular complexity index is 1140. The van der Waals surface area contributed by atoms with Crippen LogP contribution in [0.3, 0.4) is 0 Å². The van der Waals surface area contributed by atoms with Gasteiger partial charge in [-0.1, -0.05) is 125 Å². The standard InChI is InChI=1S/C36H44/c1-4-15-27(16-5-1)30-21-10-12-23-33(30)35-26-14-25-32(29-19-8-3-9-20-29)36(35)34-24-13-11-22-31(34)28-17-6-2-7-18-28/h10-14,21-29H,1-9,15-20H2. The van der Waals surface area contributed by atoms with Gasteiger partial charge < -0.3 is 0 Å². The number of hydrogen-bond donors (Lipinski definition) is 0. The highest BCUT2D eigenvalue weighted by Gasteiger charge is 2.27. The molecular weight excluding hydrogens is 432 g/mol. The first-order valence-electron chi connectivity index (χ1n) is 15.2. The molecule has 188 valence electrons. The summed E-state index contributed by atoms with van der Waals surface area (Å²) in [5.74, 6) is 2.14. The fourth-order valence-corrected chi connectivity index (χ4v) is 7.86. The molecule has 0 amide bonds. The first-order valence-corrected chi connectivity index (χ1v) is 15.2. The number of benzene rings is 3. The van der Waals surface area contributed by atoms with Gasteiger partial charge in [0.25, 0.3) is 0 Å². The zero-order chi connectivity index (χ0) is 24.2. The fraction of sp³-hybridized carbons (Fsp3) is 0.500. The van der Waals surface area contributed by atoms with Crippen molar-refractivity contribution in [3.05, 3.63) is 83.4 Å². The zero-order valence-electron chi connectivity index (χ0n) is 22.2. The van der Waals surface area contributed by atoms with Gasteiger partial charge in [0, 0.05) is 0 Å². The van der Waals surface area contributed by atoms with E-state index in [9.17, 15) is 0 Å². The van der Waals surface area contributed by atoms with Gasteiger partial charge in [-0.2, -0.15) is 0 Å². The second kappa shape index (κ2) is 11.4. The van der Waals surface area contributed by atoms with Gasteiger partial charge in [0.05, 0.1) is 0 Å². The molecule has 0 aliphatic heterocycles. The van der Waals surface area contributed by atoms with Gasteiger partial charge >= 0.3 is 0 Å². The lowest BCUT2D eigenvalue weighted by atomic mass is 9.74. The summed E-state index contributed by atoms with van der Waals surface area (Å²) in [6.45, 7) is 0. The molecule has 0 bridgehead atoms. The third-order valence-electron chi connectivity index (χ3n) is 9.71. The van der Waals surface area contributed by atoms with Gasteiger partial charge in [0.2, 0.25) is 0 Å². The van der Waals surface area contributed by atoms with E-state index < -0.39 is 0 Å². The summed E-state index contributed by atoms with van der Waals surface area (Å²) in [5, 5.41) is 0. The van der Waals surface area contributed by atoms with Gasteiger partial charge in [-0.3, -0.25) is 0 Å². The molecule has 0 N–H and O–H groups in total. The Morgan fingerprint density at radius 1 is 0.333 bits per heavy atom. The third-order valence-corrected chi connectivity index (χ3v) is 9.71. The molecule has 0 atom stereocenters. The summed E-state index contributed by atoms with van der Waals surface area (Å²) in [6.07, 6.45) is 20.7. The minimum Gasteiger partial charge on any atom is -0.0619 e. The highest BCUT2D eigenvalue weighted by Crippen LogP contribution is 2.48. The predicted molar refractivity (Wildman–Crippen MR) is 155 cm³/mol. The Labute approximate surface area is 219 Å². The van der Waals surface area contributed by atoms with Crippen LogP contribution in [-0.2, 0) is 0 Å². The summed E-state index contributed by atoms with van der Waals surface area (Å²) in [7, 11) is 0. The van der Waals surface area contributed by atoms with Crippen molar-refractivity contribution in [2.24, 2.45) is 0 Å². The van der Waals surface area contributed by atoms with Crippen molar-refractivity contribution in [3.63, 3.8) is 0 Å². The highest BCUT2D eigenvalue weighted by molar-refractivity contribution is 5.89. The van der Waals surface area contributed by atoms with E-state index in [4.69, 9.17) is 0 Å². The molecule has 6 rings (SSSR count). The van der Waals surface area contributed by atoms with Crippen LogP contribution in [0.5, 0.6) is 0 Å². The van der Waals surface area contributed by atoms with Gasteiger partial charge in [-0.05, 0) is 95.2 Å². The van der Waals surface area contributed by atoms with Gasteiger partial charge in [-0.15, -0.1) is 0 Å². The molecule has 3 fully saturated rings. The Morgan fingerprint density at radius 3 is 1.28 bits per heavy atom. The smallest absolute Gasteiger partial charge is 0.00675 e. The quantitative estimate of drug-likeness (QED) is 0.343. The molecule has 36 heavy (non-hydrogen) atoms. The van der Waals surface area contributed by atoms with Crippen LogP contribution >= 0.6 is 0 Å². The molecule has 0 aromatic heterocycles. The maximum absolute atomic E-state index is 2.50. The molecule has 0 radical (unpaired) electrons. The van der Waals surface area contributed by atoms with Crippen LogP contribution in [0.2, 0.25) is 0 Å². The molecular formula is C36H44. The van der Waals surface area contributed by atoms with Crippen molar-refractivity contribution >= 4 is 0 Å². The molecule has 3 aromatic carbocycles. The monoisotopic (exact) mass is 476 g/mol. The van der Waals surface area contributed by atoms with Crippen molar-refractivity contribution in [1.29, 1.82) is 0 Å². The second-order valence-electron chi connectivity index (χ2n) is 11.9. The SMILES string of the molecule is c1ccc(C2CCCCC2)c(-c2cccc(C3CCCCC3)c2-c2ccccc2C2CCCCC2)c1. The van der Waals surface area contributed by atoms with Crippen LogP contribution in [-0.4, -0.2) is 0 Å². The van der Waals surface area contributed by atoms with E-state index in [1.807, 2.05) is 0 Å². The Balaban J connectivity index is 1.54. The van der Waals surface area contributed by atoms with Crippen molar-refractivity contribution in [3.8, 4) is 22.3 Å². The minimum absolute atomic E-state index is 0.704.